The molecule has 0 aliphatic carbocycles. The summed E-state index contributed by atoms with van der Waals surface area (Å²) >= 11 is 0. The van der Waals surface area contributed by atoms with Crippen molar-refractivity contribution in [3.05, 3.63) is 36.5 Å². The summed E-state index contributed by atoms with van der Waals surface area (Å²) in [4.78, 5) is 27.3. The molecule has 0 unspecified atom stereocenters. The number of pyridine rings is 2. The van der Waals surface area contributed by atoms with Crippen LogP contribution in [0.5, 0.6) is 0 Å². The number of hydrogen-bond acceptors (Lipinski definition) is 5. The van der Waals surface area contributed by atoms with Gasteiger partial charge in [0.15, 0.2) is 5.82 Å². The van der Waals surface area contributed by atoms with Crippen molar-refractivity contribution >= 4 is 29.2 Å². The van der Waals surface area contributed by atoms with E-state index in [-0.39, 0.29) is 25.0 Å². The molecule has 5 rings (SSSR count). The van der Waals surface area contributed by atoms with Gasteiger partial charge >= 0.3 is 12.2 Å². The summed E-state index contributed by atoms with van der Waals surface area (Å²) in [5.41, 5.74) is 0.829. The summed E-state index contributed by atoms with van der Waals surface area (Å²) in [6.45, 7) is 1.71. The molecule has 2 amide bonds. The Labute approximate surface area is 171 Å². The summed E-state index contributed by atoms with van der Waals surface area (Å²) < 4.78 is 39.3. The number of nitrogens with one attached hydrogen (secondary N) is 1. The Morgan fingerprint density at radius 1 is 1.07 bits per heavy atom. The number of fused-ring (bicyclic) bond motifs is 4. The molecule has 2 aromatic heterocycles. The number of hydrogen-bond donors (Lipinski definition) is 1. The molecule has 2 saturated heterocycles. The zero-order chi connectivity index (χ0) is 20.9. The normalized spacial score (nSPS) is 23.0. The van der Waals surface area contributed by atoms with Gasteiger partial charge in [0.1, 0.15) is 11.6 Å². The molecule has 1 N–H and O–H groups in total. The Bertz CT molecular complexity index is 953. The molecule has 5 heterocycles. The van der Waals surface area contributed by atoms with Crippen molar-refractivity contribution < 1.29 is 18.0 Å². The number of urea groups is 1. The molecule has 2 fully saturated rings. The van der Waals surface area contributed by atoms with Crippen LogP contribution in [0.2, 0.25) is 0 Å². The first-order valence-electron chi connectivity index (χ1n) is 9.99. The van der Waals surface area contributed by atoms with Crippen molar-refractivity contribution in [1.29, 1.82) is 0 Å². The Morgan fingerprint density at radius 2 is 1.90 bits per heavy atom. The van der Waals surface area contributed by atoms with Crippen LogP contribution >= 0.6 is 0 Å². The van der Waals surface area contributed by atoms with Gasteiger partial charge < -0.3 is 9.80 Å². The van der Waals surface area contributed by atoms with Crippen LogP contribution in [0.3, 0.4) is 0 Å². The first kappa shape index (κ1) is 19.0. The second-order valence-electron chi connectivity index (χ2n) is 7.89. The maximum atomic E-state index is 13.1. The molecule has 2 aromatic rings. The lowest BCUT2D eigenvalue weighted by atomic mass is 10.1. The number of halogens is 3. The van der Waals surface area contributed by atoms with Crippen molar-refractivity contribution in [3.8, 4) is 0 Å². The van der Waals surface area contributed by atoms with E-state index in [1.165, 1.54) is 0 Å². The Kier molecular flexibility index (Phi) is 4.44. The average Bonchev–Trinajstić information content (AvgIpc) is 3.37. The number of anilines is 4. The molecule has 3 aliphatic heterocycles. The number of rotatable bonds is 2. The highest BCUT2D eigenvalue weighted by Crippen LogP contribution is 2.41. The van der Waals surface area contributed by atoms with E-state index < -0.39 is 12.1 Å². The highest BCUT2D eigenvalue weighted by Gasteiger charge is 2.45. The van der Waals surface area contributed by atoms with Crippen LogP contribution in [0, 0.1) is 5.92 Å². The van der Waals surface area contributed by atoms with Gasteiger partial charge in [-0.2, -0.15) is 13.2 Å². The van der Waals surface area contributed by atoms with E-state index in [4.69, 9.17) is 0 Å². The van der Waals surface area contributed by atoms with Crippen molar-refractivity contribution in [2.45, 2.75) is 25.1 Å². The monoisotopic (exact) mass is 418 g/mol. The number of aromatic nitrogens is 2. The number of nitrogens with zero attached hydrogens (tertiary/aromatic N) is 5. The Hall–Kier alpha value is -3.04. The molecule has 3 aliphatic rings. The second kappa shape index (κ2) is 7.03. The Morgan fingerprint density at radius 3 is 2.63 bits per heavy atom. The predicted molar refractivity (Wildman–Crippen MR) is 107 cm³/mol. The zero-order valence-electron chi connectivity index (χ0n) is 16.1. The van der Waals surface area contributed by atoms with Gasteiger partial charge in [0.2, 0.25) is 0 Å². The molecular formula is C20H21F3N6O. The second-order valence-corrected chi connectivity index (χ2v) is 7.89. The number of carbonyl (C=O) groups is 1. The van der Waals surface area contributed by atoms with Crippen LogP contribution in [0.1, 0.15) is 12.8 Å². The van der Waals surface area contributed by atoms with Gasteiger partial charge in [0.25, 0.3) is 0 Å². The average molecular weight is 418 g/mol. The van der Waals surface area contributed by atoms with Crippen LogP contribution in [0.15, 0.2) is 36.5 Å². The standard InChI is InChI=1S/C20H21F3N6O/c21-20(22,23)13-6-9-28(11-13)17-5-4-15-18(26-17)29(14-7-10-27(15)12-14)19(30)25-16-3-1-2-8-24-16/h1-5,8,13-14H,6-7,9-12H2,(H,24,25,30)/t13-,14+/m1/s1. The zero-order valence-corrected chi connectivity index (χ0v) is 16.1. The quantitative estimate of drug-likeness (QED) is 0.809. The molecule has 0 spiro atoms. The highest BCUT2D eigenvalue weighted by atomic mass is 19.4. The fraction of sp³-hybridized carbons (Fsp3) is 0.450. The van der Waals surface area contributed by atoms with Gasteiger partial charge in [0.05, 0.1) is 17.6 Å². The molecule has 2 bridgehead atoms. The van der Waals surface area contributed by atoms with E-state index in [1.807, 2.05) is 6.07 Å². The summed E-state index contributed by atoms with van der Waals surface area (Å²) in [6, 6.07) is 8.50. The minimum atomic E-state index is -4.21. The van der Waals surface area contributed by atoms with Crippen molar-refractivity contribution in [2.24, 2.45) is 5.92 Å². The SMILES string of the molecule is O=C(Nc1ccccn1)N1c2nc(N3CC[C@@H](C(F)(F)F)C3)ccc2N2CC[C@H]1C2. The van der Waals surface area contributed by atoms with Gasteiger partial charge in [-0.25, -0.2) is 14.8 Å². The lowest BCUT2D eigenvalue weighted by molar-refractivity contribution is -0.168. The Balaban J connectivity index is 1.44. The first-order valence-corrected chi connectivity index (χ1v) is 9.99. The number of amides is 2. The van der Waals surface area contributed by atoms with E-state index in [9.17, 15) is 18.0 Å². The van der Waals surface area contributed by atoms with Crippen LogP contribution in [0.25, 0.3) is 0 Å². The molecule has 0 radical (unpaired) electrons. The summed E-state index contributed by atoms with van der Waals surface area (Å²) in [5, 5.41) is 2.81. The van der Waals surface area contributed by atoms with Crippen LogP contribution in [-0.2, 0) is 0 Å². The van der Waals surface area contributed by atoms with Crippen molar-refractivity contribution in [3.63, 3.8) is 0 Å². The van der Waals surface area contributed by atoms with E-state index in [0.717, 1.165) is 18.7 Å². The minimum absolute atomic E-state index is 0.0366. The summed E-state index contributed by atoms with van der Waals surface area (Å²) in [7, 11) is 0. The molecule has 30 heavy (non-hydrogen) atoms. The largest absolute Gasteiger partial charge is 0.393 e. The molecule has 0 saturated carbocycles. The third-order valence-electron chi connectivity index (χ3n) is 6.03. The van der Waals surface area contributed by atoms with Crippen molar-refractivity contribution in [2.75, 3.05) is 46.2 Å². The molecular weight excluding hydrogens is 397 g/mol. The molecule has 158 valence electrons. The first-order chi connectivity index (χ1) is 14.4. The molecule has 10 heteroatoms. The number of alkyl halides is 3. The van der Waals surface area contributed by atoms with E-state index >= 15 is 0 Å². The van der Waals surface area contributed by atoms with E-state index in [1.54, 1.807) is 40.3 Å². The fourth-order valence-electron chi connectivity index (χ4n) is 4.48. The van der Waals surface area contributed by atoms with Gasteiger partial charge in [-0.3, -0.25) is 10.2 Å². The topological polar surface area (TPSA) is 64.6 Å². The summed E-state index contributed by atoms with van der Waals surface area (Å²) in [6.07, 6.45) is -1.75. The molecule has 2 atom stereocenters. The van der Waals surface area contributed by atoms with Crippen LogP contribution in [0.4, 0.5) is 41.1 Å². The van der Waals surface area contributed by atoms with Crippen LogP contribution < -0.4 is 20.0 Å². The highest BCUT2D eigenvalue weighted by molar-refractivity contribution is 6.04. The smallest absolute Gasteiger partial charge is 0.366 e. The summed E-state index contributed by atoms with van der Waals surface area (Å²) in [5.74, 6) is 0.0517. The lowest BCUT2D eigenvalue weighted by Gasteiger charge is -2.36. The number of carbonyl (C=O) groups excluding carboxylic acids is 1. The third-order valence-corrected chi connectivity index (χ3v) is 6.03. The van der Waals surface area contributed by atoms with Gasteiger partial charge in [-0.1, -0.05) is 6.07 Å². The van der Waals surface area contributed by atoms with Crippen LogP contribution in [-0.4, -0.2) is 54.4 Å². The maximum absolute atomic E-state index is 13.1. The molecule has 7 nitrogen and oxygen atoms in total. The van der Waals surface area contributed by atoms with Gasteiger partial charge in [-0.05, 0) is 37.1 Å². The predicted octanol–water partition coefficient (Wildman–Crippen LogP) is 3.50. The fourth-order valence-corrected chi connectivity index (χ4v) is 4.48. The van der Waals surface area contributed by atoms with Gasteiger partial charge in [0, 0.05) is 32.4 Å². The van der Waals surface area contributed by atoms with Gasteiger partial charge in [-0.15, -0.1) is 0 Å². The maximum Gasteiger partial charge on any atom is 0.393 e. The van der Waals surface area contributed by atoms with Crippen molar-refractivity contribution in [1.82, 2.24) is 9.97 Å². The molecule has 0 aromatic carbocycles. The third kappa shape index (κ3) is 3.29. The van der Waals surface area contributed by atoms with E-state index in [2.05, 4.69) is 20.2 Å². The minimum Gasteiger partial charge on any atom is -0.366 e. The van der Waals surface area contributed by atoms with E-state index in [0.29, 0.717) is 30.5 Å². The lowest BCUT2D eigenvalue weighted by Crippen LogP contribution is -2.48.